The van der Waals surface area contributed by atoms with Gasteiger partial charge in [0, 0.05) is 92.6 Å². The van der Waals surface area contributed by atoms with Gasteiger partial charge in [-0.1, -0.05) is 127 Å². The average Bonchev–Trinajstić information content (AvgIpc) is 1.72. The molecule has 0 amide bonds. The van der Waals surface area contributed by atoms with Crippen molar-refractivity contribution < 1.29 is 0 Å². The van der Waals surface area contributed by atoms with Crippen molar-refractivity contribution in [1.82, 2.24) is 48.2 Å². The number of rotatable bonds is 9. The van der Waals surface area contributed by atoms with E-state index in [1.165, 1.54) is 44.1 Å². The summed E-state index contributed by atoms with van der Waals surface area (Å²) in [6, 6.07) is 98.5. The Hall–Kier alpha value is -12.9. The van der Waals surface area contributed by atoms with Crippen molar-refractivity contribution in [2.75, 3.05) is 0 Å². The highest BCUT2D eigenvalue weighted by molar-refractivity contribution is 6.12. The second-order valence-corrected chi connectivity index (χ2v) is 24.4. The maximum atomic E-state index is 4.93. The summed E-state index contributed by atoms with van der Waals surface area (Å²) in [4.78, 5) is 28.6. The van der Waals surface area contributed by atoms with E-state index in [1.54, 1.807) is 0 Å². The fraction of sp³-hybridized carbons (Fsp3) is 0.0233. The van der Waals surface area contributed by atoms with Gasteiger partial charge in [0.25, 0.3) is 0 Å². The predicted molar refractivity (Wildman–Crippen MR) is 394 cm³/mol. The van der Waals surface area contributed by atoms with Gasteiger partial charge in [-0.15, -0.1) is 0 Å². The van der Waals surface area contributed by atoms with Crippen LogP contribution < -0.4 is 0 Å². The molecule has 19 rings (SSSR count). The fourth-order valence-corrected chi connectivity index (χ4v) is 14.6. The standard InChI is InChI=1S/C50H32N6.C36H26N4/c1-3-16-39(43-18-5-7-26-51-43)37(14-1)33-22-24-45-41(30-33)49-47(20-10-28-53-49)55(45)35-12-9-13-36(32-35)56-46-25-23-34(31-42(46)50-48(56)21-11-29-54-50)38-15-2-4-17-40(38)44-19-6-8-27-52-44;1-23-21-25(39-31-11-5-3-9-29(31)35-33(39)13-7-19-37-35)15-17-27(23)28-18-16-26(22-24(28)2)40-32-12-6-4-10-30(32)36-34(40)14-8-20-38-36/h1-32H;3-22H,1-2H3. The molecule has 10 heteroatoms. The molecule has 10 heterocycles. The van der Waals surface area contributed by atoms with Crippen LogP contribution in [0, 0.1) is 13.8 Å². The largest absolute Gasteiger partial charge is 0.308 e. The van der Waals surface area contributed by atoms with Gasteiger partial charge in [0.2, 0.25) is 0 Å². The van der Waals surface area contributed by atoms with E-state index in [2.05, 4.69) is 273 Å². The lowest BCUT2D eigenvalue weighted by atomic mass is 9.95. The zero-order valence-electron chi connectivity index (χ0n) is 52.5. The smallest absolute Gasteiger partial charge is 0.0963 e. The highest BCUT2D eigenvalue weighted by Crippen LogP contribution is 2.42. The Bertz CT molecular complexity index is 5770. The highest BCUT2D eigenvalue weighted by atomic mass is 15.0. The van der Waals surface area contributed by atoms with Crippen molar-refractivity contribution in [3.63, 3.8) is 0 Å². The topological polar surface area (TPSA) is 97.1 Å². The van der Waals surface area contributed by atoms with Crippen LogP contribution in [0.3, 0.4) is 0 Å². The van der Waals surface area contributed by atoms with Gasteiger partial charge in [-0.2, -0.15) is 0 Å². The number of benzene rings is 9. The molecule has 0 saturated heterocycles. The quantitative estimate of drug-likeness (QED) is 0.143. The van der Waals surface area contributed by atoms with Crippen molar-refractivity contribution in [3.05, 3.63) is 327 Å². The Balaban J connectivity index is 0.000000148. The van der Waals surface area contributed by atoms with Crippen LogP contribution in [0.25, 0.3) is 166 Å². The second-order valence-electron chi connectivity index (χ2n) is 24.4. The van der Waals surface area contributed by atoms with Gasteiger partial charge in [0.1, 0.15) is 0 Å². The third-order valence-electron chi connectivity index (χ3n) is 18.8. The zero-order chi connectivity index (χ0) is 63.8. The van der Waals surface area contributed by atoms with Gasteiger partial charge in [-0.3, -0.25) is 29.9 Å². The molecule has 0 aliphatic rings. The maximum Gasteiger partial charge on any atom is 0.0963 e. The van der Waals surface area contributed by atoms with E-state index in [1.807, 2.05) is 85.7 Å². The summed E-state index contributed by atoms with van der Waals surface area (Å²) < 4.78 is 9.30. The van der Waals surface area contributed by atoms with E-state index in [9.17, 15) is 0 Å². The average molecular weight is 1230 g/mol. The first-order valence-electron chi connectivity index (χ1n) is 32.3. The van der Waals surface area contributed by atoms with Crippen LogP contribution in [0.4, 0.5) is 0 Å². The summed E-state index contributed by atoms with van der Waals surface area (Å²) in [5.41, 5.74) is 30.8. The Morgan fingerprint density at radius 1 is 0.208 bits per heavy atom. The Labute approximate surface area is 552 Å². The molecule has 0 atom stereocenters. The van der Waals surface area contributed by atoms with Crippen LogP contribution >= 0.6 is 0 Å². The van der Waals surface area contributed by atoms with Crippen LogP contribution in [0.15, 0.2) is 316 Å². The number of hydrogen-bond donors (Lipinski definition) is 0. The summed E-state index contributed by atoms with van der Waals surface area (Å²) in [6.45, 7) is 4.41. The molecule has 0 N–H and O–H groups in total. The van der Waals surface area contributed by atoms with Gasteiger partial charge >= 0.3 is 0 Å². The fourth-order valence-electron chi connectivity index (χ4n) is 14.6. The van der Waals surface area contributed by atoms with Crippen molar-refractivity contribution in [2.24, 2.45) is 0 Å². The van der Waals surface area contributed by atoms with E-state index >= 15 is 0 Å². The Morgan fingerprint density at radius 3 is 0.938 bits per heavy atom. The molecule has 0 aliphatic heterocycles. The highest BCUT2D eigenvalue weighted by Gasteiger charge is 2.22. The minimum Gasteiger partial charge on any atom is -0.308 e. The summed E-state index contributed by atoms with van der Waals surface area (Å²) in [7, 11) is 0. The molecule has 10 aromatic heterocycles. The van der Waals surface area contributed by atoms with Crippen molar-refractivity contribution in [1.29, 1.82) is 0 Å². The van der Waals surface area contributed by atoms with Crippen LogP contribution in [0.2, 0.25) is 0 Å². The summed E-state index contributed by atoms with van der Waals surface area (Å²) in [5.74, 6) is 0. The first-order chi connectivity index (χ1) is 47.5. The van der Waals surface area contributed by atoms with Crippen molar-refractivity contribution >= 4 is 87.7 Å². The SMILES string of the molecule is Cc1cc(-n2c3ccccc3c3ncccc32)ccc1-c1ccc(-n2c3ccccc3c3ncccc32)cc1C.c1ccc(-c2ccccc2-c2ccc3c(c2)c2ncccc2n3-c2cccc(-n3c4ccc(-c5ccccc5-c5ccccn5)cc4c4ncccc43)c2)nc1. The first-order valence-corrected chi connectivity index (χ1v) is 32.3. The van der Waals surface area contributed by atoms with Gasteiger partial charge in [0.15, 0.2) is 0 Å². The number of pyridine rings is 6. The third-order valence-corrected chi connectivity index (χ3v) is 18.8. The minimum absolute atomic E-state index is 0.950. The van der Waals surface area contributed by atoms with Crippen molar-refractivity contribution in [3.8, 4) is 78.6 Å². The second kappa shape index (κ2) is 23.0. The third kappa shape index (κ3) is 9.25. The van der Waals surface area contributed by atoms with E-state index in [4.69, 9.17) is 19.9 Å². The minimum atomic E-state index is 0.950. The molecule has 0 unspecified atom stereocenters. The molecule has 96 heavy (non-hydrogen) atoms. The monoisotopic (exact) mass is 1230 g/mol. The lowest BCUT2D eigenvalue weighted by Gasteiger charge is -2.15. The van der Waals surface area contributed by atoms with E-state index in [0.29, 0.717) is 0 Å². The molecular formula is C86H58N10. The molecule has 0 saturated carbocycles. The molecule has 0 fully saturated rings. The van der Waals surface area contributed by atoms with Crippen LogP contribution in [0.1, 0.15) is 11.1 Å². The molecule has 10 nitrogen and oxygen atoms in total. The number of aromatic nitrogens is 10. The predicted octanol–water partition coefficient (Wildman–Crippen LogP) is 21.1. The molecule has 0 radical (unpaired) electrons. The normalized spacial score (nSPS) is 11.6. The summed E-state index contributed by atoms with van der Waals surface area (Å²) in [6.07, 6.45) is 11.2. The number of para-hydroxylation sites is 2. The zero-order valence-corrected chi connectivity index (χ0v) is 52.5. The van der Waals surface area contributed by atoms with E-state index in [-0.39, 0.29) is 0 Å². The van der Waals surface area contributed by atoms with Crippen LogP contribution in [0.5, 0.6) is 0 Å². The number of aryl methyl sites for hydroxylation is 2. The van der Waals surface area contributed by atoms with Crippen molar-refractivity contribution in [2.45, 2.75) is 13.8 Å². The molecule has 9 aromatic carbocycles. The van der Waals surface area contributed by atoms with Gasteiger partial charge < -0.3 is 18.3 Å². The van der Waals surface area contributed by atoms with E-state index < -0.39 is 0 Å². The molecular weight excluding hydrogens is 1170 g/mol. The summed E-state index contributed by atoms with van der Waals surface area (Å²) >= 11 is 0. The summed E-state index contributed by atoms with van der Waals surface area (Å²) in [5, 5.41) is 4.54. The Morgan fingerprint density at radius 2 is 0.542 bits per heavy atom. The van der Waals surface area contributed by atoms with Gasteiger partial charge in [0.05, 0.1) is 77.6 Å². The lowest BCUT2D eigenvalue weighted by molar-refractivity contribution is 1.13. The first kappa shape index (κ1) is 55.9. The van der Waals surface area contributed by atoms with E-state index in [0.717, 1.165) is 133 Å². The molecule has 452 valence electrons. The molecule has 0 bridgehead atoms. The lowest BCUT2D eigenvalue weighted by Crippen LogP contribution is -1.98. The van der Waals surface area contributed by atoms with Crippen LogP contribution in [-0.4, -0.2) is 48.2 Å². The molecule has 0 spiro atoms. The molecule has 19 aromatic rings. The number of fused-ring (bicyclic) bond motifs is 12. The molecule has 0 aliphatic carbocycles. The number of nitrogens with zero attached hydrogens (tertiary/aromatic N) is 10. The van der Waals surface area contributed by atoms with Gasteiger partial charge in [-0.25, -0.2) is 0 Å². The number of hydrogen-bond acceptors (Lipinski definition) is 6. The van der Waals surface area contributed by atoms with Crippen LogP contribution in [-0.2, 0) is 0 Å². The Kier molecular flexibility index (Phi) is 13.4. The van der Waals surface area contributed by atoms with Gasteiger partial charge in [-0.05, 0) is 210 Å². The maximum absolute atomic E-state index is 4.93.